The zero-order chi connectivity index (χ0) is 23.2. The first-order valence-corrected chi connectivity index (χ1v) is 11.9. The van der Waals surface area contributed by atoms with Gasteiger partial charge in [0.1, 0.15) is 0 Å². The fourth-order valence-electron chi connectivity index (χ4n) is 4.46. The molecule has 0 unspecified atom stereocenters. The summed E-state index contributed by atoms with van der Waals surface area (Å²) in [6.07, 6.45) is 11.3. The van der Waals surface area contributed by atoms with E-state index in [0.717, 1.165) is 49.1 Å². The van der Waals surface area contributed by atoms with E-state index < -0.39 is 0 Å². The van der Waals surface area contributed by atoms with Crippen LogP contribution in [0.25, 0.3) is 0 Å². The van der Waals surface area contributed by atoms with E-state index in [1.165, 1.54) is 34.7 Å². The molecule has 7 heteroatoms. The molecule has 0 radical (unpaired) electrons. The van der Waals surface area contributed by atoms with Crippen molar-refractivity contribution in [3.8, 4) is 0 Å². The van der Waals surface area contributed by atoms with Gasteiger partial charge in [-0.05, 0) is 81.2 Å². The highest BCUT2D eigenvalue weighted by Crippen LogP contribution is 2.23. The molecule has 33 heavy (non-hydrogen) atoms. The van der Waals surface area contributed by atoms with E-state index in [2.05, 4.69) is 12.1 Å². The van der Waals surface area contributed by atoms with Crippen LogP contribution >= 0.6 is 0 Å². The van der Waals surface area contributed by atoms with Crippen LogP contribution in [-0.4, -0.2) is 31.9 Å². The summed E-state index contributed by atoms with van der Waals surface area (Å²) < 4.78 is 8.50. The number of nitrogens with zero attached hydrogens (tertiary/aromatic N) is 4. The van der Waals surface area contributed by atoms with Crippen molar-refractivity contribution < 1.29 is 9.53 Å². The summed E-state index contributed by atoms with van der Waals surface area (Å²) in [6, 6.07) is 9.36. The SMILES string of the molecule is CCOC(=O)C[C@@H](c1ccc(=O)n(C)c1)n1ccc(CCCc2ccc3c(n2)CCCC3)n1. The molecule has 1 aliphatic carbocycles. The number of esters is 1. The van der Waals surface area contributed by atoms with E-state index in [1.807, 2.05) is 16.9 Å². The van der Waals surface area contributed by atoms with Crippen LogP contribution in [0.15, 0.2) is 47.5 Å². The number of hydrogen-bond donors (Lipinski definition) is 0. The van der Waals surface area contributed by atoms with Crippen LogP contribution in [0, 0.1) is 0 Å². The van der Waals surface area contributed by atoms with E-state index in [4.69, 9.17) is 14.8 Å². The van der Waals surface area contributed by atoms with Gasteiger partial charge in [-0.15, -0.1) is 0 Å². The van der Waals surface area contributed by atoms with Crippen LogP contribution in [0.5, 0.6) is 0 Å². The third kappa shape index (κ3) is 5.78. The van der Waals surface area contributed by atoms with Crippen LogP contribution in [0.1, 0.15) is 66.9 Å². The number of aromatic nitrogens is 4. The molecule has 0 saturated carbocycles. The predicted octanol–water partition coefficient (Wildman–Crippen LogP) is 3.57. The Labute approximate surface area is 194 Å². The largest absolute Gasteiger partial charge is 0.466 e. The van der Waals surface area contributed by atoms with Crippen LogP contribution in [-0.2, 0) is 42.3 Å². The first-order chi connectivity index (χ1) is 16.0. The van der Waals surface area contributed by atoms with Gasteiger partial charge in [0.05, 0.1) is 24.8 Å². The van der Waals surface area contributed by atoms with Crippen LogP contribution in [0.3, 0.4) is 0 Å². The van der Waals surface area contributed by atoms with E-state index >= 15 is 0 Å². The van der Waals surface area contributed by atoms with Crippen molar-refractivity contribution in [2.45, 2.75) is 64.3 Å². The van der Waals surface area contributed by atoms with Gasteiger partial charge in [-0.2, -0.15) is 5.10 Å². The number of pyridine rings is 2. The Balaban J connectivity index is 1.43. The summed E-state index contributed by atoms with van der Waals surface area (Å²) in [7, 11) is 1.70. The topological polar surface area (TPSA) is 79.0 Å². The van der Waals surface area contributed by atoms with Gasteiger partial charge in [0.15, 0.2) is 0 Å². The minimum atomic E-state index is -0.327. The lowest BCUT2D eigenvalue weighted by molar-refractivity contribution is -0.143. The molecule has 174 valence electrons. The Bertz CT molecular complexity index is 1160. The third-order valence-corrected chi connectivity index (χ3v) is 6.24. The van der Waals surface area contributed by atoms with Crippen LogP contribution in [0.4, 0.5) is 0 Å². The van der Waals surface area contributed by atoms with Crippen molar-refractivity contribution in [2.24, 2.45) is 7.05 Å². The van der Waals surface area contributed by atoms with E-state index in [0.29, 0.717) is 6.61 Å². The Kier molecular flexibility index (Phi) is 7.37. The first kappa shape index (κ1) is 23.0. The normalized spacial score (nSPS) is 14.0. The maximum Gasteiger partial charge on any atom is 0.308 e. The van der Waals surface area contributed by atoms with Crippen LogP contribution < -0.4 is 5.56 Å². The maximum absolute atomic E-state index is 12.3. The average molecular weight is 449 g/mol. The van der Waals surface area contributed by atoms with E-state index in [9.17, 15) is 9.59 Å². The smallest absolute Gasteiger partial charge is 0.308 e. The Hall–Kier alpha value is -3.22. The van der Waals surface area contributed by atoms with Gasteiger partial charge in [0.2, 0.25) is 5.56 Å². The molecule has 0 N–H and O–H groups in total. The number of carbonyl (C=O) groups excluding carboxylic acids is 1. The highest BCUT2D eigenvalue weighted by Gasteiger charge is 2.21. The molecule has 3 aromatic heterocycles. The van der Waals surface area contributed by atoms with Gasteiger partial charge in [0, 0.05) is 36.9 Å². The van der Waals surface area contributed by atoms with Crippen molar-refractivity contribution in [1.29, 1.82) is 0 Å². The third-order valence-electron chi connectivity index (χ3n) is 6.24. The lowest BCUT2D eigenvalue weighted by Crippen LogP contribution is -2.21. The second kappa shape index (κ2) is 10.6. The molecule has 4 rings (SSSR count). The predicted molar refractivity (Wildman–Crippen MR) is 126 cm³/mol. The van der Waals surface area contributed by atoms with Gasteiger partial charge in [-0.1, -0.05) is 6.07 Å². The molecule has 0 amide bonds. The minimum absolute atomic E-state index is 0.0921. The van der Waals surface area contributed by atoms with Gasteiger partial charge in [0.25, 0.3) is 0 Å². The monoisotopic (exact) mass is 448 g/mol. The molecule has 0 aliphatic heterocycles. The van der Waals surface area contributed by atoms with E-state index in [-0.39, 0.29) is 24.0 Å². The quantitative estimate of drug-likeness (QED) is 0.468. The average Bonchev–Trinajstić information content (AvgIpc) is 3.28. The van der Waals surface area contributed by atoms with Crippen molar-refractivity contribution in [3.05, 3.63) is 81.3 Å². The molecule has 1 atom stereocenters. The summed E-state index contributed by atoms with van der Waals surface area (Å²) in [5.41, 5.74) is 5.58. The summed E-state index contributed by atoms with van der Waals surface area (Å²) in [5, 5.41) is 4.75. The van der Waals surface area contributed by atoms with E-state index in [1.54, 1.807) is 26.2 Å². The Morgan fingerprint density at radius 2 is 1.91 bits per heavy atom. The molecule has 0 fully saturated rings. The first-order valence-electron chi connectivity index (χ1n) is 11.9. The molecule has 0 aromatic carbocycles. The Morgan fingerprint density at radius 3 is 2.73 bits per heavy atom. The second-order valence-corrected chi connectivity index (χ2v) is 8.69. The van der Waals surface area contributed by atoms with Crippen LogP contribution in [0.2, 0.25) is 0 Å². The lowest BCUT2D eigenvalue weighted by Gasteiger charge is -2.18. The summed E-state index contributed by atoms with van der Waals surface area (Å²) in [5.74, 6) is -0.285. The van der Waals surface area contributed by atoms with Crippen molar-refractivity contribution in [1.82, 2.24) is 19.3 Å². The molecular formula is C26H32N4O3. The molecule has 1 aliphatic rings. The lowest BCUT2D eigenvalue weighted by atomic mass is 9.95. The molecule has 0 spiro atoms. The molecule has 7 nitrogen and oxygen atoms in total. The number of fused-ring (bicyclic) bond motifs is 1. The highest BCUT2D eigenvalue weighted by atomic mass is 16.5. The zero-order valence-corrected chi connectivity index (χ0v) is 19.5. The number of rotatable bonds is 9. The fourth-order valence-corrected chi connectivity index (χ4v) is 4.46. The molecule has 0 saturated heterocycles. The maximum atomic E-state index is 12.3. The van der Waals surface area contributed by atoms with Crippen molar-refractivity contribution >= 4 is 5.97 Å². The zero-order valence-electron chi connectivity index (χ0n) is 19.5. The number of carbonyl (C=O) groups is 1. The van der Waals surface area contributed by atoms with Crippen molar-refractivity contribution in [2.75, 3.05) is 6.61 Å². The number of ether oxygens (including phenoxy) is 1. The van der Waals surface area contributed by atoms with Gasteiger partial charge in [-0.3, -0.25) is 19.3 Å². The van der Waals surface area contributed by atoms with Gasteiger partial charge >= 0.3 is 5.97 Å². The van der Waals surface area contributed by atoms with Gasteiger partial charge < -0.3 is 9.30 Å². The number of aryl methyl sites for hydroxylation is 5. The summed E-state index contributed by atoms with van der Waals surface area (Å²) in [4.78, 5) is 28.9. The number of hydrogen-bond acceptors (Lipinski definition) is 5. The fraction of sp³-hybridized carbons (Fsp3) is 0.462. The summed E-state index contributed by atoms with van der Waals surface area (Å²) in [6.45, 7) is 2.13. The Morgan fingerprint density at radius 1 is 1.09 bits per heavy atom. The highest BCUT2D eigenvalue weighted by molar-refractivity contribution is 5.70. The molecule has 0 bridgehead atoms. The molecule has 3 aromatic rings. The standard InChI is InChI=1S/C26H32N4O3/c1-3-33-26(32)17-24(20-12-14-25(31)29(2)18-20)30-16-15-22(28-30)9-6-8-21-13-11-19-7-4-5-10-23(19)27-21/h11-16,18,24H,3-10,17H2,1-2H3/t24-/m0/s1. The summed E-state index contributed by atoms with van der Waals surface area (Å²) >= 11 is 0. The molecular weight excluding hydrogens is 416 g/mol. The molecule has 3 heterocycles. The second-order valence-electron chi connectivity index (χ2n) is 8.69. The minimum Gasteiger partial charge on any atom is -0.466 e. The van der Waals surface area contributed by atoms with Crippen molar-refractivity contribution in [3.63, 3.8) is 0 Å². The van der Waals surface area contributed by atoms with Gasteiger partial charge in [-0.25, -0.2) is 0 Å².